The van der Waals surface area contributed by atoms with Crippen LogP contribution in [-0.4, -0.2) is 50.3 Å². The Labute approximate surface area is 193 Å². The number of nitrogens with one attached hydrogen (secondary N) is 2. The number of piperidine rings is 1. The molecular formula is C23H27N3O6S. The van der Waals surface area contributed by atoms with Gasteiger partial charge in [-0.15, -0.1) is 0 Å². The Morgan fingerprint density at radius 3 is 2.30 bits per heavy atom. The molecular weight excluding hydrogens is 446 g/mol. The number of carbonyl (C=O) groups is 3. The lowest BCUT2D eigenvalue weighted by atomic mass is 10.1. The number of hydrogen-bond donors (Lipinski definition) is 2. The molecule has 0 bridgehead atoms. The highest BCUT2D eigenvalue weighted by Gasteiger charge is 2.31. The molecule has 1 aliphatic rings. The third-order valence-electron chi connectivity index (χ3n) is 5.47. The zero-order chi connectivity index (χ0) is 24.0. The van der Waals surface area contributed by atoms with E-state index >= 15 is 0 Å². The van der Waals surface area contributed by atoms with Gasteiger partial charge in [0.25, 0.3) is 5.91 Å². The number of amides is 3. The number of carbonyl (C=O) groups excluding carboxylic acids is 3. The summed E-state index contributed by atoms with van der Waals surface area (Å²) >= 11 is 0. The van der Waals surface area contributed by atoms with Gasteiger partial charge in [0, 0.05) is 25.2 Å². The van der Waals surface area contributed by atoms with Gasteiger partial charge in [0.1, 0.15) is 0 Å². The van der Waals surface area contributed by atoms with E-state index in [2.05, 4.69) is 10.6 Å². The number of imide groups is 1. The number of urea groups is 1. The van der Waals surface area contributed by atoms with Crippen LogP contribution >= 0.6 is 0 Å². The molecule has 2 aromatic carbocycles. The normalized spacial score (nSPS) is 17.6. The third-order valence-corrected chi connectivity index (χ3v) is 7.50. The molecule has 9 nitrogen and oxygen atoms in total. The summed E-state index contributed by atoms with van der Waals surface area (Å²) in [7, 11) is -2.32. The van der Waals surface area contributed by atoms with E-state index in [1.807, 2.05) is 6.92 Å². The lowest BCUT2D eigenvalue weighted by Crippen LogP contribution is -2.41. The molecule has 10 heteroatoms. The van der Waals surface area contributed by atoms with Crippen LogP contribution in [0.5, 0.6) is 0 Å². The van der Waals surface area contributed by atoms with Crippen molar-refractivity contribution in [3.63, 3.8) is 0 Å². The largest absolute Gasteiger partial charge is 0.444 e. The van der Waals surface area contributed by atoms with Crippen molar-refractivity contribution < 1.29 is 27.5 Å². The molecule has 0 aliphatic carbocycles. The van der Waals surface area contributed by atoms with E-state index in [-0.39, 0.29) is 16.5 Å². The molecule has 2 unspecified atom stereocenters. The van der Waals surface area contributed by atoms with E-state index < -0.39 is 34.0 Å². The molecule has 0 saturated carbocycles. The van der Waals surface area contributed by atoms with Crippen molar-refractivity contribution >= 4 is 27.9 Å². The molecule has 3 rings (SSSR count). The lowest BCUT2D eigenvalue weighted by Gasteiger charge is -2.32. The quantitative estimate of drug-likeness (QED) is 0.622. The van der Waals surface area contributed by atoms with E-state index in [4.69, 9.17) is 4.74 Å². The average Bonchev–Trinajstić information content (AvgIpc) is 2.83. The van der Waals surface area contributed by atoms with Crippen LogP contribution in [-0.2, 0) is 19.6 Å². The number of nitrogens with zero attached hydrogens (tertiary/aromatic N) is 1. The zero-order valence-corrected chi connectivity index (χ0v) is 19.3. The van der Waals surface area contributed by atoms with Gasteiger partial charge in [-0.1, -0.05) is 36.8 Å². The average molecular weight is 474 g/mol. The van der Waals surface area contributed by atoms with Gasteiger partial charge in [0.2, 0.25) is 16.1 Å². The monoisotopic (exact) mass is 473 g/mol. The standard InChI is InChI=1S/C23H27N3O6S/c1-16-8-6-7-15-26(16)33(30,31)19-13-11-18(12-14-19)22(28)32-20(17-9-4-3-5-10-17)21(27)25-23(29)24-2/h3-5,9-14,16,20H,6-8,15H2,1-2H3,(H2,24,25,27,29). The van der Waals surface area contributed by atoms with Crippen molar-refractivity contribution in [1.82, 2.24) is 14.9 Å². The summed E-state index contributed by atoms with van der Waals surface area (Å²) in [6, 6.07) is 12.9. The van der Waals surface area contributed by atoms with E-state index in [0.29, 0.717) is 12.1 Å². The van der Waals surface area contributed by atoms with Crippen molar-refractivity contribution in [1.29, 1.82) is 0 Å². The van der Waals surface area contributed by atoms with Gasteiger partial charge in [-0.25, -0.2) is 18.0 Å². The molecule has 3 amide bonds. The number of esters is 1. The fourth-order valence-corrected chi connectivity index (χ4v) is 5.34. The van der Waals surface area contributed by atoms with E-state index in [9.17, 15) is 22.8 Å². The molecule has 1 fully saturated rings. The van der Waals surface area contributed by atoms with Crippen LogP contribution in [0.15, 0.2) is 59.5 Å². The molecule has 0 radical (unpaired) electrons. The maximum absolute atomic E-state index is 13.0. The smallest absolute Gasteiger partial charge is 0.339 e. The molecule has 1 saturated heterocycles. The number of ether oxygens (including phenoxy) is 1. The van der Waals surface area contributed by atoms with Crippen molar-refractivity contribution in [2.45, 2.75) is 43.2 Å². The molecule has 1 heterocycles. The van der Waals surface area contributed by atoms with Gasteiger partial charge in [0.15, 0.2) is 0 Å². The topological polar surface area (TPSA) is 122 Å². The maximum atomic E-state index is 13.0. The molecule has 176 valence electrons. The molecule has 0 aromatic heterocycles. The van der Waals surface area contributed by atoms with Gasteiger partial charge >= 0.3 is 12.0 Å². The van der Waals surface area contributed by atoms with Crippen molar-refractivity contribution in [2.24, 2.45) is 0 Å². The van der Waals surface area contributed by atoms with Crippen LogP contribution in [0.1, 0.15) is 48.2 Å². The summed E-state index contributed by atoms with van der Waals surface area (Å²) in [5.74, 6) is -1.64. The predicted octanol–water partition coefficient (Wildman–Crippen LogP) is 2.60. The zero-order valence-electron chi connectivity index (χ0n) is 18.5. The van der Waals surface area contributed by atoms with E-state index in [0.717, 1.165) is 19.3 Å². The van der Waals surface area contributed by atoms with Gasteiger partial charge in [0.05, 0.1) is 10.5 Å². The van der Waals surface area contributed by atoms with Crippen molar-refractivity contribution in [3.05, 3.63) is 65.7 Å². The van der Waals surface area contributed by atoms with Crippen molar-refractivity contribution in [3.8, 4) is 0 Å². The van der Waals surface area contributed by atoms with Crippen LogP contribution in [0.25, 0.3) is 0 Å². The highest BCUT2D eigenvalue weighted by Crippen LogP contribution is 2.26. The van der Waals surface area contributed by atoms with Gasteiger partial charge in [-0.05, 0) is 44.0 Å². The highest BCUT2D eigenvalue weighted by molar-refractivity contribution is 7.89. The summed E-state index contributed by atoms with van der Waals surface area (Å²) in [6.07, 6.45) is 1.25. The predicted molar refractivity (Wildman–Crippen MR) is 121 cm³/mol. The summed E-state index contributed by atoms with van der Waals surface area (Å²) in [5.41, 5.74) is 0.458. The lowest BCUT2D eigenvalue weighted by molar-refractivity contribution is -0.129. The molecule has 2 atom stereocenters. The van der Waals surface area contributed by atoms with Crippen LogP contribution in [0.4, 0.5) is 4.79 Å². The second-order valence-corrected chi connectivity index (χ2v) is 9.64. The summed E-state index contributed by atoms with van der Waals surface area (Å²) < 4.78 is 32.8. The Kier molecular flexibility index (Phi) is 7.83. The van der Waals surface area contributed by atoms with Crippen LogP contribution in [0, 0.1) is 0 Å². The Hall–Kier alpha value is -3.24. The maximum Gasteiger partial charge on any atom is 0.339 e. The SMILES string of the molecule is CNC(=O)NC(=O)C(OC(=O)c1ccc(S(=O)(=O)N2CCCCC2C)cc1)c1ccccc1. The molecule has 1 aliphatic heterocycles. The number of benzene rings is 2. The molecule has 2 N–H and O–H groups in total. The Bertz CT molecular complexity index is 1100. The minimum absolute atomic E-state index is 0.0781. The second-order valence-electron chi connectivity index (χ2n) is 7.75. The molecule has 2 aromatic rings. The van der Waals surface area contributed by atoms with Crippen LogP contribution in [0.2, 0.25) is 0 Å². The van der Waals surface area contributed by atoms with Gasteiger partial charge in [-0.3, -0.25) is 10.1 Å². The summed E-state index contributed by atoms with van der Waals surface area (Å²) in [5, 5.41) is 4.37. The van der Waals surface area contributed by atoms with Gasteiger partial charge < -0.3 is 10.1 Å². The Morgan fingerprint density at radius 1 is 1.03 bits per heavy atom. The van der Waals surface area contributed by atoms with Crippen molar-refractivity contribution in [2.75, 3.05) is 13.6 Å². The first-order valence-corrected chi connectivity index (χ1v) is 12.1. The molecule has 0 spiro atoms. The van der Waals surface area contributed by atoms with E-state index in [1.54, 1.807) is 30.3 Å². The first-order valence-electron chi connectivity index (χ1n) is 10.6. The third kappa shape index (κ3) is 5.77. The molecule has 33 heavy (non-hydrogen) atoms. The first kappa shape index (κ1) is 24.4. The van der Waals surface area contributed by atoms with Crippen LogP contribution < -0.4 is 10.6 Å². The second kappa shape index (κ2) is 10.6. The minimum Gasteiger partial charge on any atom is -0.444 e. The Morgan fingerprint density at radius 2 is 1.70 bits per heavy atom. The van der Waals surface area contributed by atoms with Gasteiger partial charge in [-0.2, -0.15) is 4.31 Å². The highest BCUT2D eigenvalue weighted by atomic mass is 32.2. The number of sulfonamides is 1. The number of hydrogen-bond acceptors (Lipinski definition) is 6. The summed E-state index contributed by atoms with van der Waals surface area (Å²) in [6.45, 7) is 2.35. The summed E-state index contributed by atoms with van der Waals surface area (Å²) in [4.78, 5) is 36.9. The fraction of sp³-hybridized carbons (Fsp3) is 0.348. The number of rotatable bonds is 6. The fourth-order valence-electron chi connectivity index (χ4n) is 3.64. The minimum atomic E-state index is -3.68. The van der Waals surface area contributed by atoms with E-state index in [1.165, 1.54) is 35.6 Å². The first-order chi connectivity index (χ1) is 15.7. The van der Waals surface area contributed by atoms with Crippen LogP contribution in [0.3, 0.4) is 0 Å². The Balaban J connectivity index is 1.79.